The van der Waals surface area contributed by atoms with Crippen LogP contribution in [0.1, 0.15) is 25.5 Å². The molecule has 1 aromatic heterocycles. The van der Waals surface area contributed by atoms with Crippen molar-refractivity contribution in [2.75, 3.05) is 12.3 Å². The third kappa shape index (κ3) is 2.24. The zero-order valence-corrected chi connectivity index (χ0v) is 10.2. The number of rotatable bonds is 2. The Bertz CT molecular complexity index is 512. The summed E-state index contributed by atoms with van der Waals surface area (Å²) >= 11 is 0. The fraction of sp³-hybridized carbons (Fsp3) is 0.357. The minimum atomic E-state index is 0.0984. The minimum Gasteiger partial charge on any atom is -0.399 e. The predicted octanol–water partition coefficient (Wildman–Crippen LogP) is 2.83. The lowest BCUT2D eigenvalue weighted by Gasteiger charge is -2.22. The molecule has 1 aliphatic rings. The van der Waals surface area contributed by atoms with Gasteiger partial charge < -0.3 is 10.5 Å². The SMILES string of the molecule is Nc1ccc(-c2ccn(C3CCCCO3)n2)cc1. The highest BCUT2D eigenvalue weighted by Gasteiger charge is 2.16. The Morgan fingerprint density at radius 2 is 2.00 bits per heavy atom. The van der Waals surface area contributed by atoms with E-state index in [1.807, 2.05) is 41.2 Å². The van der Waals surface area contributed by atoms with Crippen LogP contribution in [0.4, 0.5) is 5.69 Å². The van der Waals surface area contributed by atoms with Crippen molar-refractivity contribution in [2.24, 2.45) is 0 Å². The van der Waals surface area contributed by atoms with Crippen LogP contribution in [-0.4, -0.2) is 16.4 Å². The third-order valence-corrected chi connectivity index (χ3v) is 3.27. The van der Waals surface area contributed by atoms with E-state index < -0.39 is 0 Å². The van der Waals surface area contributed by atoms with Crippen molar-refractivity contribution in [3.63, 3.8) is 0 Å². The molecule has 4 nitrogen and oxygen atoms in total. The van der Waals surface area contributed by atoms with Crippen molar-refractivity contribution in [3.8, 4) is 11.3 Å². The predicted molar refractivity (Wildman–Crippen MR) is 70.9 cm³/mol. The summed E-state index contributed by atoms with van der Waals surface area (Å²) in [4.78, 5) is 0. The first-order chi connectivity index (χ1) is 8.83. The van der Waals surface area contributed by atoms with Crippen LogP contribution in [0.15, 0.2) is 36.5 Å². The van der Waals surface area contributed by atoms with E-state index in [9.17, 15) is 0 Å². The molecule has 4 heteroatoms. The van der Waals surface area contributed by atoms with Gasteiger partial charge in [-0.15, -0.1) is 0 Å². The molecule has 2 aromatic rings. The van der Waals surface area contributed by atoms with Crippen molar-refractivity contribution in [1.82, 2.24) is 9.78 Å². The summed E-state index contributed by atoms with van der Waals surface area (Å²) < 4.78 is 7.63. The number of nitrogen functional groups attached to an aromatic ring is 1. The van der Waals surface area contributed by atoms with Gasteiger partial charge in [0.2, 0.25) is 0 Å². The van der Waals surface area contributed by atoms with Crippen LogP contribution in [-0.2, 0) is 4.74 Å². The molecule has 2 N–H and O–H groups in total. The van der Waals surface area contributed by atoms with Gasteiger partial charge in [-0.2, -0.15) is 5.10 Å². The maximum Gasteiger partial charge on any atom is 0.150 e. The molecular weight excluding hydrogens is 226 g/mol. The summed E-state index contributed by atoms with van der Waals surface area (Å²) in [5.74, 6) is 0. The van der Waals surface area contributed by atoms with Crippen molar-refractivity contribution >= 4 is 5.69 Å². The van der Waals surface area contributed by atoms with Crippen LogP contribution in [0.25, 0.3) is 11.3 Å². The normalized spacial score (nSPS) is 19.9. The quantitative estimate of drug-likeness (QED) is 0.825. The van der Waals surface area contributed by atoms with Crippen molar-refractivity contribution in [2.45, 2.75) is 25.5 Å². The van der Waals surface area contributed by atoms with E-state index in [-0.39, 0.29) is 6.23 Å². The first-order valence-electron chi connectivity index (χ1n) is 6.35. The Labute approximate surface area is 106 Å². The van der Waals surface area contributed by atoms with Crippen LogP contribution < -0.4 is 5.73 Å². The van der Waals surface area contributed by atoms with E-state index in [0.717, 1.165) is 36.4 Å². The Balaban J connectivity index is 1.82. The molecular formula is C14H17N3O. The zero-order valence-electron chi connectivity index (χ0n) is 10.2. The van der Waals surface area contributed by atoms with E-state index in [0.29, 0.717) is 0 Å². The summed E-state index contributed by atoms with van der Waals surface area (Å²) in [5, 5.41) is 4.58. The van der Waals surface area contributed by atoms with E-state index in [2.05, 4.69) is 5.10 Å². The van der Waals surface area contributed by atoms with Gasteiger partial charge in [0.05, 0.1) is 5.69 Å². The molecule has 1 saturated heterocycles. The lowest BCUT2D eigenvalue weighted by atomic mass is 10.1. The van der Waals surface area contributed by atoms with Gasteiger partial charge in [0.1, 0.15) is 6.23 Å². The monoisotopic (exact) mass is 243 g/mol. The van der Waals surface area contributed by atoms with E-state index in [1.165, 1.54) is 6.42 Å². The van der Waals surface area contributed by atoms with Crippen molar-refractivity contribution in [1.29, 1.82) is 0 Å². The summed E-state index contributed by atoms with van der Waals surface area (Å²) in [6.45, 7) is 0.835. The van der Waals surface area contributed by atoms with E-state index in [4.69, 9.17) is 10.5 Å². The van der Waals surface area contributed by atoms with Gasteiger partial charge >= 0.3 is 0 Å². The zero-order chi connectivity index (χ0) is 12.4. The Hall–Kier alpha value is -1.81. The maximum absolute atomic E-state index is 5.71. The molecule has 1 atom stereocenters. The van der Waals surface area contributed by atoms with Crippen LogP contribution in [0.3, 0.4) is 0 Å². The smallest absolute Gasteiger partial charge is 0.150 e. The van der Waals surface area contributed by atoms with Gasteiger partial charge in [-0.25, -0.2) is 4.68 Å². The average molecular weight is 243 g/mol. The lowest BCUT2D eigenvalue weighted by Crippen LogP contribution is -2.18. The van der Waals surface area contributed by atoms with Gasteiger partial charge in [0, 0.05) is 24.1 Å². The second-order valence-corrected chi connectivity index (χ2v) is 4.62. The highest BCUT2D eigenvalue weighted by molar-refractivity contribution is 5.61. The van der Waals surface area contributed by atoms with E-state index >= 15 is 0 Å². The standard InChI is InChI=1S/C14H17N3O/c15-12-6-4-11(5-7-12)13-8-9-17(16-13)14-3-1-2-10-18-14/h4-9,14H,1-3,10,15H2. The fourth-order valence-corrected chi connectivity index (χ4v) is 2.24. The van der Waals surface area contributed by atoms with E-state index in [1.54, 1.807) is 0 Å². The molecule has 1 aliphatic heterocycles. The molecule has 0 saturated carbocycles. The van der Waals surface area contributed by atoms with Gasteiger partial charge in [-0.05, 0) is 37.5 Å². The number of nitrogens with zero attached hydrogens (tertiary/aromatic N) is 2. The van der Waals surface area contributed by atoms with Gasteiger partial charge in [0.15, 0.2) is 0 Å². The largest absolute Gasteiger partial charge is 0.399 e. The Kier molecular flexibility index (Phi) is 3.02. The topological polar surface area (TPSA) is 53.1 Å². The summed E-state index contributed by atoms with van der Waals surface area (Å²) in [5.41, 5.74) is 8.50. The molecule has 1 unspecified atom stereocenters. The summed E-state index contributed by atoms with van der Waals surface area (Å²) in [6, 6.07) is 9.79. The average Bonchev–Trinajstić information content (AvgIpc) is 2.90. The molecule has 18 heavy (non-hydrogen) atoms. The van der Waals surface area contributed by atoms with Crippen LogP contribution >= 0.6 is 0 Å². The highest BCUT2D eigenvalue weighted by atomic mass is 16.5. The van der Waals surface area contributed by atoms with Crippen LogP contribution in [0, 0.1) is 0 Å². The number of ether oxygens (including phenoxy) is 1. The number of nitrogens with two attached hydrogens (primary N) is 1. The van der Waals surface area contributed by atoms with Crippen LogP contribution in [0.5, 0.6) is 0 Å². The number of benzene rings is 1. The molecule has 2 heterocycles. The first kappa shape index (κ1) is 11.3. The number of aromatic nitrogens is 2. The molecule has 0 bridgehead atoms. The van der Waals surface area contributed by atoms with Crippen molar-refractivity contribution in [3.05, 3.63) is 36.5 Å². The minimum absolute atomic E-state index is 0.0984. The lowest BCUT2D eigenvalue weighted by molar-refractivity contribution is -0.0393. The number of anilines is 1. The second-order valence-electron chi connectivity index (χ2n) is 4.62. The molecule has 94 valence electrons. The molecule has 1 fully saturated rings. The number of hydrogen-bond donors (Lipinski definition) is 1. The second kappa shape index (κ2) is 4.82. The first-order valence-corrected chi connectivity index (χ1v) is 6.35. The van der Waals surface area contributed by atoms with Crippen molar-refractivity contribution < 1.29 is 4.74 Å². The third-order valence-electron chi connectivity index (χ3n) is 3.27. The summed E-state index contributed by atoms with van der Waals surface area (Å²) in [7, 11) is 0. The number of hydrogen-bond acceptors (Lipinski definition) is 3. The molecule has 1 aromatic carbocycles. The molecule has 3 rings (SSSR count). The highest BCUT2D eigenvalue weighted by Crippen LogP contribution is 2.24. The van der Waals surface area contributed by atoms with Crippen LogP contribution in [0.2, 0.25) is 0 Å². The van der Waals surface area contributed by atoms with Gasteiger partial charge in [-0.1, -0.05) is 12.1 Å². The fourth-order valence-electron chi connectivity index (χ4n) is 2.24. The molecule has 0 radical (unpaired) electrons. The van der Waals surface area contributed by atoms with Gasteiger partial charge in [-0.3, -0.25) is 0 Å². The van der Waals surface area contributed by atoms with Gasteiger partial charge in [0.25, 0.3) is 0 Å². The molecule has 0 spiro atoms. The summed E-state index contributed by atoms with van der Waals surface area (Å²) in [6.07, 6.45) is 5.50. The maximum atomic E-state index is 5.71. The Morgan fingerprint density at radius 3 is 2.72 bits per heavy atom. The molecule has 0 amide bonds. The molecule has 0 aliphatic carbocycles. The Morgan fingerprint density at radius 1 is 1.17 bits per heavy atom.